The van der Waals surface area contributed by atoms with Gasteiger partial charge in [0.15, 0.2) is 0 Å². The molecule has 1 atom stereocenters. The van der Waals surface area contributed by atoms with Crippen LogP contribution in [0.15, 0.2) is 24.3 Å². The van der Waals surface area contributed by atoms with Gasteiger partial charge in [0.2, 0.25) is 0 Å². The molecule has 0 amide bonds. The number of aliphatic hydroxyl groups excluding tert-OH is 1. The second kappa shape index (κ2) is 9.03. The number of ether oxygens (including phenoxy) is 2. The average Bonchev–Trinajstić information content (AvgIpc) is 2.99. The summed E-state index contributed by atoms with van der Waals surface area (Å²) in [4.78, 5) is 0. The lowest BCUT2D eigenvalue weighted by atomic mass is 10.2. The second-order valence-electron chi connectivity index (χ2n) is 5.60. The Morgan fingerprint density at radius 2 is 2.14 bits per heavy atom. The van der Waals surface area contributed by atoms with Gasteiger partial charge in [-0.2, -0.15) is 0 Å². The Balaban J connectivity index is 1.62. The molecular formula is C17H27NO3. The average molecular weight is 293 g/mol. The zero-order valence-electron chi connectivity index (χ0n) is 12.9. The van der Waals surface area contributed by atoms with Crippen molar-refractivity contribution in [3.8, 4) is 5.75 Å². The van der Waals surface area contributed by atoms with Gasteiger partial charge < -0.3 is 19.9 Å². The van der Waals surface area contributed by atoms with E-state index in [9.17, 15) is 5.11 Å². The molecule has 1 aromatic carbocycles. The summed E-state index contributed by atoms with van der Waals surface area (Å²) in [5.41, 5.74) is 1.16. The van der Waals surface area contributed by atoms with Crippen molar-refractivity contribution in [2.75, 3.05) is 19.8 Å². The van der Waals surface area contributed by atoms with Gasteiger partial charge in [-0.15, -0.1) is 0 Å². The highest BCUT2D eigenvalue weighted by Crippen LogP contribution is 2.20. The summed E-state index contributed by atoms with van der Waals surface area (Å²) in [6.07, 6.45) is 4.72. The van der Waals surface area contributed by atoms with Crippen molar-refractivity contribution in [2.45, 2.75) is 51.4 Å². The number of benzene rings is 1. The maximum absolute atomic E-state index is 9.91. The van der Waals surface area contributed by atoms with Gasteiger partial charge in [-0.05, 0) is 37.5 Å². The van der Waals surface area contributed by atoms with Crippen LogP contribution >= 0.6 is 0 Å². The number of hydrogen-bond donors (Lipinski definition) is 2. The van der Waals surface area contributed by atoms with Gasteiger partial charge in [0.1, 0.15) is 5.75 Å². The van der Waals surface area contributed by atoms with Crippen molar-refractivity contribution in [3.63, 3.8) is 0 Å². The lowest BCUT2D eigenvalue weighted by Crippen LogP contribution is -2.31. The van der Waals surface area contributed by atoms with Gasteiger partial charge >= 0.3 is 0 Å². The smallest absolute Gasteiger partial charge is 0.119 e. The quantitative estimate of drug-likeness (QED) is 0.734. The molecule has 0 saturated heterocycles. The van der Waals surface area contributed by atoms with E-state index in [4.69, 9.17) is 9.47 Å². The fraction of sp³-hybridized carbons (Fsp3) is 0.647. The van der Waals surface area contributed by atoms with E-state index in [1.165, 1.54) is 12.8 Å². The SMILES string of the molecule is CCOc1cccc(CNCC(O)COC2CCCC2)c1. The Kier molecular flexibility index (Phi) is 7.00. The van der Waals surface area contributed by atoms with Crippen LogP contribution in [-0.2, 0) is 11.3 Å². The van der Waals surface area contributed by atoms with Crippen molar-refractivity contribution in [1.82, 2.24) is 5.32 Å². The first-order chi connectivity index (χ1) is 10.3. The predicted octanol–water partition coefficient (Wildman–Crippen LogP) is 2.50. The first kappa shape index (κ1) is 16.3. The molecule has 118 valence electrons. The van der Waals surface area contributed by atoms with Crippen LogP contribution in [0, 0.1) is 0 Å². The molecule has 0 spiro atoms. The van der Waals surface area contributed by atoms with Gasteiger partial charge in [-0.3, -0.25) is 0 Å². The molecule has 2 N–H and O–H groups in total. The minimum atomic E-state index is -0.444. The molecule has 0 aliphatic heterocycles. The van der Waals surface area contributed by atoms with Gasteiger partial charge in [0, 0.05) is 13.1 Å². The molecule has 1 aromatic rings. The minimum Gasteiger partial charge on any atom is -0.494 e. The third-order valence-corrected chi connectivity index (χ3v) is 3.75. The molecule has 1 aliphatic rings. The Labute approximate surface area is 127 Å². The van der Waals surface area contributed by atoms with Gasteiger partial charge in [-0.25, -0.2) is 0 Å². The van der Waals surface area contributed by atoms with E-state index in [0.717, 1.165) is 30.7 Å². The molecule has 4 heteroatoms. The van der Waals surface area contributed by atoms with Crippen LogP contribution in [-0.4, -0.2) is 37.1 Å². The van der Waals surface area contributed by atoms with Gasteiger partial charge in [0.25, 0.3) is 0 Å². The molecule has 1 unspecified atom stereocenters. The molecule has 0 bridgehead atoms. The minimum absolute atomic E-state index is 0.363. The number of hydrogen-bond acceptors (Lipinski definition) is 4. The zero-order chi connectivity index (χ0) is 14.9. The van der Waals surface area contributed by atoms with Crippen molar-refractivity contribution in [2.24, 2.45) is 0 Å². The van der Waals surface area contributed by atoms with Crippen LogP contribution in [0.1, 0.15) is 38.2 Å². The highest BCUT2D eigenvalue weighted by atomic mass is 16.5. The van der Waals surface area contributed by atoms with E-state index >= 15 is 0 Å². The third kappa shape index (κ3) is 6.04. The topological polar surface area (TPSA) is 50.7 Å². The lowest BCUT2D eigenvalue weighted by Gasteiger charge is -2.16. The van der Waals surface area contributed by atoms with Crippen molar-refractivity contribution < 1.29 is 14.6 Å². The summed E-state index contributed by atoms with van der Waals surface area (Å²) in [5, 5.41) is 13.2. The van der Waals surface area contributed by atoms with E-state index in [0.29, 0.717) is 25.9 Å². The highest BCUT2D eigenvalue weighted by molar-refractivity contribution is 5.28. The van der Waals surface area contributed by atoms with Crippen LogP contribution in [0.2, 0.25) is 0 Å². The molecule has 0 heterocycles. The normalized spacial score (nSPS) is 17.0. The van der Waals surface area contributed by atoms with Crippen LogP contribution in [0.4, 0.5) is 0 Å². The van der Waals surface area contributed by atoms with Crippen LogP contribution in [0.5, 0.6) is 5.75 Å². The molecule has 21 heavy (non-hydrogen) atoms. The van der Waals surface area contributed by atoms with Crippen LogP contribution in [0.25, 0.3) is 0 Å². The summed E-state index contributed by atoms with van der Waals surface area (Å²) in [6, 6.07) is 8.02. The first-order valence-corrected chi connectivity index (χ1v) is 8.00. The third-order valence-electron chi connectivity index (χ3n) is 3.75. The van der Waals surface area contributed by atoms with Crippen molar-refractivity contribution in [1.29, 1.82) is 0 Å². The first-order valence-electron chi connectivity index (χ1n) is 8.00. The number of nitrogens with one attached hydrogen (secondary N) is 1. The second-order valence-corrected chi connectivity index (χ2v) is 5.60. The van der Waals surface area contributed by atoms with Crippen molar-refractivity contribution >= 4 is 0 Å². The van der Waals surface area contributed by atoms with E-state index in [2.05, 4.69) is 11.4 Å². The zero-order valence-corrected chi connectivity index (χ0v) is 12.9. The predicted molar refractivity (Wildman–Crippen MR) is 83.5 cm³/mol. The largest absolute Gasteiger partial charge is 0.494 e. The summed E-state index contributed by atoms with van der Waals surface area (Å²) < 4.78 is 11.2. The van der Waals surface area contributed by atoms with E-state index in [1.807, 2.05) is 25.1 Å². The molecular weight excluding hydrogens is 266 g/mol. The summed E-state index contributed by atoms with van der Waals surface area (Å²) in [5.74, 6) is 0.891. The lowest BCUT2D eigenvalue weighted by molar-refractivity contribution is -0.00549. The molecule has 1 saturated carbocycles. The fourth-order valence-corrected chi connectivity index (χ4v) is 2.66. The molecule has 2 rings (SSSR count). The maximum atomic E-state index is 9.91. The maximum Gasteiger partial charge on any atom is 0.119 e. The Bertz CT molecular complexity index is 405. The Morgan fingerprint density at radius 3 is 2.90 bits per heavy atom. The van der Waals surface area contributed by atoms with E-state index in [1.54, 1.807) is 0 Å². The van der Waals surface area contributed by atoms with Crippen molar-refractivity contribution in [3.05, 3.63) is 29.8 Å². The van der Waals surface area contributed by atoms with Gasteiger partial charge in [0.05, 0.1) is 25.4 Å². The summed E-state index contributed by atoms with van der Waals surface area (Å²) in [7, 11) is 0. The van der Waals surface area contributed by atoms with Gasteiger partial charge in [-0.1, -0.05) is 25.0 Å². The Morgan fingerprint density at radius 1 is 1.33 bits per heavy atom. The summed E-state index contributed by atoms with van der Waals surface area (Å²) >= 11 is 0. The van der Waals surface area contributed by atoms with Crippen LogP contribution < -0.4 is 10.1 Å². The number of rotatable bonds is 9. The molecule has 0 radical (unpaired) electrons. The molecule has 1 aliphatic carbocycles. The molecule has 0 aromatic heterocycles. The summed E-state index contributed by atoms with van der Waals surface area (Å²) in [6.45, 7) is 4.35. The van der Waals surface area contributed by atoms with E-state index in [-0.39, 0.29) is 0 Å². The standard InChI is InChI=1S/C17H27NO3/c1-2-20-17-9-5-6-14(10-17)11-18-12-15(19)13-21-16-7-3-4-8-16/h5-6,9-10,15-16,18-19H,2-4,7-8,11-13H2,1H3. The fourth-order valence-electron chi connectivity index (χ4n) is 2.66. The van der Waals surface area contributed by atoms with E-state index < -0.39 is 6.10 Å². The highest BCUT2D eigenvalue weighted by Gasteiger charge is 2.16. The monoisotopic (exact) mass is 293 g/mol. The molecule has 1 fully saturated rings. The van der Waals surface area contributed by atoms with Crippen LogP contribution in [0.3, 0.4) is 0 Å². The number of aliphatic hydroxyl groups is 1. The molecule has 4 nitrogen and oxygen atoms in total. The Hall–Kier alpha value is -1.10.